The molecule has 1 aliphatic heterocycles. The maximum absolute atomic E-state index is 13.6. The third-order valence-corrected chi connectivity index (χ3v) is 8.99. The molecule has 0 saturated carbocycles. The van der Waals surface area contributed by atoms with E-state index in [1.54, 1.807) is 42.1 Å². The quantitative estimate of drug-likeness (QED) is 0.126. The number of rotatable bonds is 3. The monoisotopic (exact) mass is 614 g/mol. The van der Waals surface area contributed by atoms with Crippen LogP contribution in [-0.4, -0.2) is 11.2 Å². The smallest absolute Gasteiger partial charge is 0.181 e. The maximum atomic E-state index is 13.6. The molecule has 202 valence electrons. The van der Waals surface area contributed by atoms with E-state index in [0.717, 1.165) is 35.6 Å². The Bertz CT molecular complexity index is 1400. The molecule has 1 unspecified atom stereocenters. The van der Waals surface area contributed by atoms with E-state index in [9.17, 15) is 38.8 Å². The van der Waals surface area contributed by atoms with Gasteiger partial charge >= 0.3 is 33.0 Å². The van der Waals surface area contributed by atoms with Crippen LogP contribution in [0.2, 0.25) is 0 Å². The third kappa shape index (κ3) is 7.85. The number of allylic oxidation sites excluding steroid dienone is 3. The molecule has 0 bridgehead atoms. The van der Waals surface area contributed by atoms with Crippen molar-refractivity contribution < 1.29 is 38.8 Å². The predicted molar refractivity (Wildman–Crippen MR) is 135 cm³/mol. The molecule has 1 aliphatic carbocycles. The molecule has 0 radical (unpaired) electrons. The number of carbonyl (C=O) groups excluding carboxylic acids is 1. The van der Waals surface area contributed by atoms with Gasteiger partial charge in [0.2, 0.25) is 0 Å². The summed E-state index contributed by atoms with van der Waals surface area (Å²) >= 11 is 7.72. The summed E-state index contributed by atoms with van der Waals surface area (Å²) in [5.74, 6) is -0.641. The number of ketones is 1. The molecule has 0 aromatic heterocycles. The minimum absolute atomic E-state index is 0.0428. The van der Waals surface area contributed by atoms with Gasteiger partial charge in [0.1, 0.15) is 17.0 Å². The Hall–Kier alpha value is -2.33. The minimum atomic E-state index is -10.7. The average molecular weight is 615 g/mol. The van der Waals surface area contributed by atoms with Crippen LogP contribution in [0.5, 0.6) is 0 Å². The predicted octanol–water partition coefficient (Wildman–Crippen LogP) is 10.1. The molecule has 13 heteroatoms. The first-order valence-electron chi connectivity index (χ1n) is 10.7. The van der Waals surface area contributed by atoms with Crippen LogP contribution < -0.4 is 0 Å². The molecular weight excluding hydrogens is 599 g/mol. The number of alkyl halides is 1. The van der Waals surface area contributed by atoms with Crippen LogP contribution in [0.25, 0.3) is 0 Å². The molecule has 1 atom stereocenters. The number of hydrogen-bond donors (Lipinski definition) is 0. The van der Waals surface area contributed by atoms with E-state index in [-0.39, 0.29) is 17.4 Å². The first kappa shape index (κ1) is 28.7. The number of Topliss-reactive ketones (excluding diaryl/α,β-unsaturated/α-hetero) is 1. The van der Waals surface area contributed by atoms with E-state index in [0.29, 0.717) is 6.42 Å². The second-order valence-corrected chi connectivity index (χ2v) is 13.7. The molecular formula is C25H16ClF8OPS2. The number of halogens is 9. The van der Waals surface area contributed by atoms with Crippen LogP contribution in [0.1, 0.15) is 5.56 Å². The number of fused-ring (bicyclic) bond motifs is 1. The van der Waals surface area contributed by atoms with Crippen LogP contribution in [0.3, 0.4) is 0 Å². The Balaban J connectivity index is 0.000000426. The molecule has 5 rings (SSSR count). The minimum Gasteiger partial charge on any atom is -0.292 e. The first-order chi connectivity index (χ1) is 17.4. The van der Waals surface area contributed by atoms with Crippen molar-refractivity contribution in [3.05, 3.63) is 107 Å². The van der Waals surface area contributed by atoms with Gasteiger partial charge in [-0.3, -0.25) is 4.79 Å². The fourth-order valence-corrected chi connectivity index (χ4v) is 7.08. The Morgan fingerprint density at radius 1 is 0.789 bits per heavy atom. The van der Waals surface area contributed by atoms with E-state index in [4.69, 9.17) is 11.6 Å². The van der Waals surface area contributed by atoms with Gasteiger partial charge in [0.15, 0.2) is 20.5 Å². The second-order valence-electron chi connectivity index (χ2n) is 8.19. The summed E-state index contributed by atoms with van der Waals surface area (Å²) in [5.41, 5.74) is 1.82. The zero-order valence-electron chi connectivity index (χ0n) is 18.9. The van der Waals surface area contributed by atoms with Gasteiger partial charge in [-0.2, -0.15) is 0 Å². The summed E-state index contributed by atoms with van der Waals surface area (Å²) < 4.78 is 86.3. The van der Waals surface area contributed by atoms with Gasteiger partial charge in [0.25, 0.3) is 0 Å². The zero-order valence-corrected chi connectivity index (χ0v) is 22.1. The molecule has 38 heavy (non-hydrogen) atoms. The van der Waals surface area contributed by atoms with E-state index in [1.165, 1.54) is 24.3 Å². The summed E-state index contributed by atoms with van der Waals surface area (Å²) in [5, 5.41) is -0.614. The molecule has 3 aromatic rings. The SMILES string of the molecule is F[P-](F)(F)(F)(F)F.O=C1C2=C(C=CC1Cl)Sc1ccc([S+](c3ccc(F)cc3)c3ccc(F)cc3)cc1C2. The van der Waals surface area contributed by atoms with E-state index < -0.39 is 24.1 Å². The van der Waals surface area contributed by atoms with E-state index in [1.807, 2.05) is 6.08 Å². The van der Waals surface area contributed by atoms with Crippen molar-refractivity contribution in [2.75, 3.05) is 0 Å². The fraction of sp³-hybridized carbons (Fsp3) is 0.0800. The summed E-state index contributed by atoms with van der Waals surface area (Å²) in [4.78, 5) is 17.5. The van der Waals surface area contributed by atoms with Crippen molar-refractivity contribution in [1.29, 1.82) is 0 Å². The number of thioether (sulfide) groups is 1. The molecule has 0 amide bonds. The van der Waals surface area contributed by atoms with Crippen molar-refractivity contribution in [2.45, 2.75) is 31.4 Å². The largest absolute Gasteiger partial charge is 0.292 e. The molecule has 1 heterocycles. The summed E-state index contributed by atoms with van der Waals surface area (Å²) in [7, 11) is -11.2. The Morgan fingerprint density at radius 2 is 1.26 bits per heavy atom. The van der Waals surface area contributed by atoms with Gasteiger partial charge < -0.3 is 0 Å². The Kier molecular flexibility index (Phi) is 7.32. The Morgan fingerprint density at radius 3 is 1.76 bits per heavy atom. The molecule has 3 aromatic carbocycles. The molecule has 0 N–H and O–H groups in total. The van der Waals surface area contributed by atoms with Crippen molar-refractivity contribution in [3.8, 4) is 0 Å². The standard InChI is InChI=1S/C25H16ClF2OS2.F6P/c26-22-10-12-24-21(25(22)29)14-15-13-20(9-11-23(15)30-24)31(18-5-1-16(27)2-6-18)19-7-3-17(28)4-8-19;1-7(2,3,4,5)6/h1-13,22H,14H2;/q+1;-1. The number of hydrogen-bond acceptors (Lipinski definition) is 2. The van der Waals surface area contributed by atoms with Crippen LogP contribution in [0, 0.1) is 11.6 Å². The maximum Gasteiger partial charge on any atom is 0.181 e. The van der Waals surface area contributed by atoms with Gasteiger partial charge in [-0.25, -0.2) is 8.78 Å². The third-order valence-electron chi connectivity index (χ3n) is 5.22. The zero-order chi connectivity index (χ0) is 27.9. The van der Waals surface area contributed by atoms with Crippen LogP contribution >= 0.6 is 31.2 Å². The normalized spacial score (nSPS) is 18.7. The van der Waals surface area contributed by atoms with Gasteiger partial charge in [-0.15, -0.1) is 11.6 Å². The summed E-state index contributed by atoms with van der Waals surface area (Å²) in [6.07, 6.45) is 4.19. The summed E-state index contributed by atoms with van der Waals surface area (Å²) in [6, 6.07) is 19.1. The molecule has 0 fully saturated rings. The van der Waals surface area contributed by atoms with Gasteiger partial charge in [0.05, 0.1) is 10.9 Å². The van der Waals surface area contributed by atoms with Crippen molar-refractivity contribution >= 4 is 47.8 Å². The summed E-state index contributed by atoms with van der Waals surface area (Å²) in [6.45, 7) is 0. The van der Waals surface area contributed by atoms with Gasteiger partial charge in [0, 0.05) is 21.8 Å². The van der Waals surface area contributed by atoms with Crippen molar-refractivity contribution in [3.63, 3.8) is 0 Å². The van der Waals surface area contributed by atoms with Crippen molar-refractivity contribution in [2.24, 2.45) is 0 Å². The van der Waals surface area contributed by atoms with Crippen molar-refractivity contribution in [1.82, 2.24) is 0 Å². The van der Waals surface area contributed by atoms with E-state index >= 15 is 0 Å². The topological polar surface area (TPSA) is 17.1 Å². The number of carbonyl (C=O) groups is 1. The first-order valence-corrected chi connectivity index (χ1v) is 15.2. The van der Waals surface area contributed by atoms with Crippen LogP contribution in [0.15, 0.2) is 109 Å². The van der Waals surface area contributed by atoms with Crippen LogP contribution in [0.4, 0.5) is 34.0 Å². The molecule has 0 spiro atoms. The van der Waals surface area contributed by atoms with E-state index in [2.05, 4.69) is 18.2 Å². The second kappa shape index (κ2) is 9.70. The van der Waals surface area contributed by atoms with Gasteiger partial charge in [-0.05, 0) is 78.4 Å². The fourth-order valence-electron chi connectivity index (χ4n) is 3.70. The molecule has 1 nitrogen and oxygen atoms in total. The van der Waals surface area contributed by atoms with Crippen LogP contribution in [-0.2, 0) is 22.1 Å². The molecule has 0 saturated heterocycles. The average Bonchev–Trinajstić information content (AvgIpc) is 2.81. The Labute approximate surface area is 224 Å². The van der Waals surface area contributed by atoms with Gasteiger partial charge in [-0.1, -0.05) is 17.8 Å². The number of benzene rings is 3. The molecule has 2 aliphatic rings.